The summed E-state index contributed by atoms with van der Waals surface area (Å²) in [5.41, 5.74) is 2.81. The van der Waals surface area contributed by atoms with Crippen LogP contribution in [-0.2, 0) is 4.79 Å². The number of aryl methyl sites for hydroxylation is 1. The van der Waals surface area contributed by atoms with Crippen LogP contribution in [0.4, 0.5) is 5.69 Å². The first kappa shape index (κ1) is 12.3. The maximum atomic E-state index is 12.2. The molecule has 0 bridgehead atoms. The summed E-state index contributed by atoms with van der Waals surface area (Å²) in [6, 6.07) is 5.85. The van der Waals surface area contributed by atoms with E-state index in [2.05, 4.69) is 21.0 Å². The molecule has 0 saturated carbocycles. The molecule has 0 aliphatic carbocycles. The van der Waals surface area contributed by atoms with Crippen molar-refractivity contribution < 1.29 is 4.79 Å². The molecule has 1 aliphatic heterocycles. The lowest BCUT2D eigenvalue weighted by molar-refractivity contribution is -0.119. The van der Waals surface area contributed by atoms with Gasteiger partial charge in [0.05, 0.1) is 11.6 Å². The van der Waals surface area contributed by atoms with Crippen molar-refractivity contribution in [1.29, 1.82) is 0 Å². The van der Waals surface area contributed by atoms with Gasteiger partial charge in [-0.25, -0.2) is 0 Å². The molecule has 0 saturated heterocycles. The molecular weight excluding hydrogens is 280 g/mol. The standard InChI is InChI=1S/C13H15BrN2O/c1-4-11-9(3)15-16(13(11)17)12-6-5-10(14)7-8(12)2/h5-7,11H,4H2,1-3H3. The molecule has 1 atom stereocenters. The van der Waals surface area contributed by atoms with Crippen LogP contribution >= 0.6 is 15.9 Å². The van der Waals surface area contributed by atoms with E-state index in [1.54, 1.807) is 0 Å². The van der Waals surface area contributed by atoms with Gasteiger partial charge in [0, 0.05) is 10.2 Å². The van der Waals surface area contributed by atoms with Gasteiger partial charge in [0.2, 0.25) is 0 Å². The average molecular weight is 295 g/mol. The molecule has 1 aromatic carbocycles. The molecule has 1 heterocycles. The van der Waals surface area contributed by atoms with E-state index in [0.29, 0.717) is 0 Å². The van der Waals surface area contributed by atoms with Gasteiger partial charge in [-0.05, 0) is 44.0 Å². The highest BCUT2D eigenvalue weighted by atomic mass is 79.9. The summed E-state index contributed by atoms with van der Waals surface area (Å²) >= 11 is 3.42. The maximum absolute atomic E-state index is 12.2. The lowest BCUT2D eigenvalue weighted by Crippen LogP contribution is -2.27. The second-order valence-electron chi connectivity index (χ2n) is 4.28. The first-order valence-electron chi connectivity index (χ1n) is 5.69. The number of anilines is 1. The number of halogens is 1. The smallest absolute Gasteiger partial charge is 0.256 e. The van der Waals surface area contributed by atoms with E-state index in [4.69, 9.17) is 0 Å². The van der Waals surface area contributed by atoms with E-state index in [1.807, 2.05) is 39.0 Å². The Labute approximate surface area is 110 Å². The van der Waals surface area contributed by atoms with E-state index in [-0.39, 0.29) is 11.8 Å². The lowest BCUT2D eigenvalue weighted by Gasteiger charge is -2.16. The molecule has 90 valence electrons. The summed E-state index contributed by atoms with van der Waals surface area (Å²) in [5.74, 6) is 0.0217. The summed E-state index contributed by atoms with van der Waals surface area (Å²) in [7, 11) is 0. The Morgan fingerprint density at radius 2 is 2.12 bits per heavy atom. The predicted octanol–water partition coefficient (Wildman–Crippen LogP) is 3.51. The van der Waals surface area contributed by atoms with E-state index in [9.17, 15) is 4.79 Å². The third kappa shape index (κ3) is 2.14. The molecule has 1 amide bonds. The number of nitrogens with zero attached hydrogens (tertiary/aromatic N) is 2. The fraction of sp³-hybridized carbons (Fsp3) is 0.385. The zero-order valence-electron chi connectivity index (χ0n) is 10.2. The summed E-state index contributed by atoms with van der Waals surface area (Å²) in [6.45, 7) is 5.91. The number of carbonyl (C=O) groups excluding carboxylic acids is 1. The van der Waals surface area contributed by atoms with Crippen LogP contribution in [0.5, 0.6) is 0 Å². The van der Waals surface area contributed by atoms with E-state index >= 15 is 0 Å². The second kappa shape index (κ2) is 4.61. The zero-order chi connectivity index (χ0) is 12.6. The van der Waals surface area contributed by atoms with Gasteiger partial charge < -0.3 is 0 Å². The number of carbonyl (C=O) groups is 1. The molecule has 0 aromatic heterocycles. The quantitative estimate of drug-likeness (QED) is 0.822. The normalized spacial score (nSPS) is 19.8. The fourth-order valence-corrected chi connectivity index (χ4v) is 2.58. The SMILES string of the molecule is CCC1C(=O)N(c2ccc(Br)cc2C)N=C1C. The largest absolute Gasteiger partial charge is 0.272 e. The van der Waals surface area contributed by atoms with Crippen LogP contribution in [-0.4, -0.2) is 11.6 Å². The van der Waals surface area contributed by atoms with Gasteiger partial charge in [-0.1, -0.05) is 22.9 Å². The lowest BCUT2D eigenvalue weighted by atomic mass is 10.0. The minimum atomic E-state index is -0.0574. The summed E-state index contributed by atoms with van der Waals surface area (Å²) in [4.78, 5) is 12.2. The number of amides is 1. The van der Waals surface area contributed by atoms with Gasteiger partial charge >= 0.3 is 0 Å². The van der Waals surface area contributed by atoms with Crippen molar-refractivity contribution in [3.05, 3.63) is 28.2 Å². The topological polar surface area (TPSA) is 32.7 Å². The third-order valence-electron chi connectivity index (χ3n) is 3.06. The first-order valence-corrected chi connectivity index (χ1v) is 6.49. The number of hydrogen-bond acceptors (Lipinski definition) is 2. The van der Waals surface area contributed by atoms with Crippen molar-refractivity contribution in [2.45, 2.75) is 27.2 Å². The molecule has 2 rings (SSSR count). The highest BCUT2D eigenvalue weighted by Crippen LogP contribution is 2.29. The van der Waals surface area contributed by atoms with Crippen LogP contribution in [0.15, 0.2) is 27.8 Å². The van der Waals surface area contributed by atoms with Crippen LogP contribution < -0.4 is 5.01 Å². The van der Waals surface area contributed by atoms with Gasteiger partial charge in [0.25, 0.3) is 5.91 Å². The third-order valence-corrected chi connectivity index (χ3v) is 3.56. The molecule has 17 heavy (non-hydrogen) atoms. The molecule has 0 N–H and O–H groups in total. The minimum absolute atomic E-state index is 0.0574. The van der Waals surface area contributed by atoms with Crippen molar-refractivity contribution >= 4 is 33.2 Å². The Hall–Kier alpha value is -1.16. The van der Waals surface area contributed by atoms with Crippen LogP contribution in [0.25, 0.3) is 0 Å². The molecule has 1 aromatic rings. The monoisotopic (exact) mass is 294 g/mol. The number of hydrogen-bond donors (Lipinski definition) is 0. The number of rotatable bonds is 2. The van der Waals surface area contributed by atoms with Gasteiger partial charge in [0.1, 0.15) is 0 Å². The summed E-state index contributed by atoms with van der Waals surface area (Å²) in [5, 5.41) is 5.90. The Balaban J connectivity index is 2.39. The van der Waals surface area contributed by atoms with Gasteiger partial charge in [-0.3, -0.25) is 4.79 Å². The van der Waals surface area contributed by atoms with Crippen LogP contribution in [0.3, 0.4) is 0 Å². The Bertz CT molecular complexity index is 496. The zero-order valence-corrected chi connectivity index (χ0v) is 11.8. The predicted molar refractivity (Wildman–Crippen MR) is 73.3 cm³/mol. The summed E-state index contributed by atoms with van der Waals surface area (Å²) in [6.07, 6.45) is 0.806. The van der Waals surface area contributed by atoms with Gasteiger partial charge in [-0.2, -0.15) is 10.1 Å². The highest BCUT2D eigenvalue weighted by molar-refractivity contribution is 9.10. The highest BCUT2D eigenvalue weighted by Gasteiger charge is 2.33. The van der Waals surface area contributed by atoms with E-state index in [1.165, 1.54) is 5.01 Å². The Morgan fingerprint density at radius 1 is 1.41 bits per heavy atom. The van der Waals surface area contributed by atoms with Crippen LogP contribution in [0.2, 0.25) is 0 Å². The van der Waals surface area contributed by atoms with Crippen LogP contribution in [0.1, 0.15) is 25.8 Å². The van der Waals surface area contributed by atoms with Crippen molar-refractivity contribution in [3.8, 4) is 0 Å². The van der Waals surface area contributed by atoms with E-state index < -0.39 is 0 Å². The van der Waals surface area contributed by atoms with E-state index in [0.717, 1.165) is 27.9 Å². The molecule has 0 fully saturated rings. The van der Waals surface area contributed by atoms with Gasteiger partial charge in [-0.15, -0.1) is 0 Å². The molecule has 1 unspecified atom stereocenters. The fourth-order valence-electron chi connectivity index (χ4n) is 2.10. The van der Waals surface area contributed by atoms with Crippen molar-refractivity contribution in [2.75, 3.05) is 5.01 Å². The molecule has 4 heteroatoms. The number of benzene rings is 1. The Kier molecular flexibility index (Phi) is 3.33. The Morgan fingerprint density at radius 3 is 2.65 bits per heavy atom. The molecule has 1 aliphatic rings. The molecule has 0 spiro atoms. The van der Waals surface area contributed by atoms with Crippen molar-refractivity contribution in [2.24, 2.45) is 11.0 Å². The molecular formula is C13H15BrN2O. The maximum Gasteiger partial charge on any atom is 0.256 e. The molecule has 3 nitrogen and oxygen atoms in total. The number of hydrazone groups is 1. The van der Waals surface area contributed by atoms with Gasteiger partial charge in [0.15, 0.2) is 0 Å². The minimum Gasteiger partial charge on any atom is -0.272 e. The second-order valence-corrected chi connectivity index (χ2v) is 5.20. The average Bonchev–Trinajstić information content (AvgIpc) is 2.54. The summed E-state index contributed by atoms with van der Waals surface area (Å²) < 4.78 is 1.01. The molecule has 0 radical (unpaired) electrons. The van der Waals surface area contributed by atoms with Crippen LogP contribution in [0, 0.1) is 12.8 Å². The first-order chi connectivity index (χ1) is 8.04. The van der Waals surface area contributed by atoms with Crippen molar-refractivity contribution in [3.63, 3.8) is 0 Å². The van der Waals surface area contributed by atoms with Crippen molar-refractivity contribution in [1.82, 2.24) is 0 Å².